The summed E-state index contributed by atoms with van der Waals surface area (Å²) in [4.78, 5) is 0. The first-order chi connectivity index (χ1) is 7.63. The van der Waals surface area contributed by atoms with E-state index in [2.05, 4.69) is 4.74 Å². The van der Waals surface area contributed by atoms with Crippen molar-refractivity contribution in [3.05, 3.63) is 23.8 Å². The van der Waals surface area contributed by atoms with E-state index in [1.807, 2.05) is 0 Å². The van der Waals surface area contributed by atoms with Crippen LogP contribution in [0.15, 0.2) is 18.2 Å². The molecule has 2 nitrogen and oxygen atoms in total. The second kappa shape index (κ2) is 4.38. The van der Waals surface area contributed by atoms with Crippen LogP contribution in [0.4, 0.5) is 27.6 Å². The molecule has 0 aromatic heterocycles. The Bertz CT molecular complexity index is 402. The fourth-order valence-electron chi connectivity index (χ4n) is 1.02. The predicted octanol–water partition coefficient (Wildman–Crippen LogP) is 3.15. The zero-order valence-electron chi connectivity index (χ0n) is 8.81. The molecular weight excluding hydrogens is 245 g/mol. The SMILES string of the molecule is Cc1ccc(N)cc1OCC(F)(F)C(F)(F)F. The lowest BCUT2D eigenvalue weighted by Crippen LogP contribution is -2.41. The molecule has 0 spiro atoms. The van der Waals surface area contributed by atoms with Crippen molar-refractivity contribution in [2.24, 2.45) is 0 Å². The molecule has 0 radical (unpaired) electrons. The molecular formula is C10H10F5NO. The lowest BCUT2D eigenvalue weighted by molar-refractivity contribution is -0.290. The molecule has 2 N–H and O–H groups in total. The van der Waals surface area contributed by atoms with E-state index in [4.69, 9.17) is 5.73 Å². The van der Waals surface area contributed by atoms with E-state index < -0.39 is 18.7 Å². The maximum atomic E-state index is 12.6. The van der Waals surface area contributed by atoms with Gasteiger partial charge in [-0.25, -0.2) is 0 Å². The second-order valence-electron chi connectivity index (χ2n) is 3.52. The summed E-state index contributed by atoms with van der Waals surface area (Å²) in [6, 6.07) is 4.16. The smallest absolute Gasteiger partial charge is 0.456 e. The monoisotopic (exact) mass is 255 g/mol. The van der Waals surface area contributed by atoms with Gasteiger partial charge in [0.1, 0.15) is 5.75 Å². The first-order valence-corrected chi connectivity index (χ1v) is 4.57. The second-order valence-corrected chi connectivity index (χ2v) is 3.52. The van der Waals surface area contributed by atoms with Gasteiger partial charge in [-0.3, -0.25) is 0 Å². The number of halogens is 5. The van der Waals surface area contributed by atoms with E-state index in [9.17, 15) is 22.0 Å². The van der Waals surface area contributed by atoms with Gasteiger partial charge in [-0.1, -0.05) is 6.07 Å². The van der Waals surface area contributed by atoms with Gasteiger partial charge in [-0.15, -0.1) is 0 Å². The molecule has 1 aromatic carbocycles. The van der Waals surface area contributed by atoms with Gasteiger partial charge in [0.2, 0.25) is 0 Å². The van der Waals surface area contributed by atoms with Crippen molar-refractivity contribution in [2.75, 3.05) is 12.3 Å². The third-order valence-electron chi connectivity index (χ3n) is 2.04. The molecule has 0 bridgehead atoms. The van der Waals surface area contributed by atoms with Crippen molar-refractivity contribution in [2.45, 2.75) is 19.0 Å². The molecule has 0 saturated heterocycles. The summed E-state index contributed by atoms with van der Waals surface area (Å²) >= 11 is 0. The Morgan fingerprint density at radius 1 is 1.18 bits per heavy atom. The molecule has 0 saturated carbocycles. The molecule has 96 valence electrons. The maximum Gasteiger partial charge on any atom is 0.456 e. The minimum Gasteiger partial charge on any atom is -0.487 e. The fourth-order valence-corrected chi connectivity index (χ4v) is 1.02. The van der Waals surface area contributed by atoms with E-state index in [1.54, 1.807) is 0 Å². The summed E-state index contributed by atoms with van der Waals surface area (Å²) in [6.07, 6.45) is -5.62. The number of alkyl halides is 5. The highest BCUT2D eigenvalue weighted by Crippen LogP contribution is 2.36. The van der Waals surface area contributed by atoms with Crippen molar-refractivity contribution in [3.8, 4) is 5.75 Å². The normalized spacial score (nSPS) is 12.6. The maximum absolute atomic E-state index is 12.6. The number of benzene rings is 1. The van der Waals surface area contributed by atoms with Crippen LogP contribution < -0.4 is 10.5 Å². The zero-order chi connectivity index (χ0) is 13.3. The molecule has 0 aliphatic rings. The first-order valence-electron chi connectivity index (χ1n) is 4.57. The van der Waals surface area contributed by atoms with Crippen LogP contribution in [0, 0.1) is 6.92 Å². The van der Waals surface area contributed by atoms with Crippen molar-refractivity contribution < 1.29 is 26.7 Å². The lowest BCUT2D eigenvalue weighted by atomic mass is 10.2. The summed E-state index contributed by atoms with van der Waals surface area (Å²) < 4.78 is 65.2. The zero-order valence-corrected chi connectivity index (χ0v) is 8.81. The highest BCUT2D eigenvalue weighted by molar-refractivity contribution is 5.47. The van der Waals surface area contributed by atoms with Gasteiger partial charge in [-0.2, -0.15) is 22.0 Å². The van der Waals surface area contributed by atoms with Crippen LogP contribution in [0.25, 0.3) is 0 Å². The van der Waals surface area contributed by atoms with Crippen LogP contribution in [0.2, 0.25) is 0 Å². The van der Waals surface area contributed by atoms with Crippen molar-refractivity contribution >= 4 is 5.69 Å². The number of rotatable bonds is 3. The lowest BCUT2D eigenvalue weighted by Gasteiger charge is -2.20. The average Bonchev–Trinajstić information content (AvgIpc) is 2.18. The number of hydrogen-bond acceptors (Lipinski definition) is 2. The Labute approximate surface area is 94.2 Å². The highest BCUT2D eigenvalue weighted by atomic mass is 19.4. The summed E-state index contributed by atoms with van der Waals surface area (Å²) in [5.74, 6) is -4.97. The van der Waals surface area contributed by atoms with Gasteiger partial charge in [-0.05, 0) is 18.6 Å². The quantitative estimate of drug-likeness (QED) is 0.665. The average molecular weight is 255 g/mol. The number of nitrogen functional groups attached to an aromatic ring is 1. The molecule has 0 heterocycles. The van der Waals surface area contributed by atoms with E-state index in [1.165, 1.54) is 25.1 Å². The molecule has 1 aromatic rings. The van der Waals surface area contributed by atoms with Crippen LogP contribution in [-0.4, -0.2) is 18.7 Å². The summed E-state index contributed by atoms with van der Waals surface area (Å²) in [5.41, 5.74) is 6.01. The Kier molecular flexibility index (Phi) is 3.49. The molecule has 0 unspecified atom stereocenters. The van der Waals surface area contributed by atoms with Crippen molar-refractivity contribution in [1.82, 2.24) is 0 Å². The summed E-state index contributed by atoms with van der Waals surface area (Å²) in [5, 5.41) is 0. The molecule has 17 heavy (non-hydrogen) atoms. The number of ether oxygens (including phenoxy) is 1. The van der Waals surface area contributed by atoms with Gasteiger partial charge < -0.3 is 10.5 Å². The van der Waals surface area contributed by atoms with Gasteiger partial charge in [0.15, 0.2) is 6.61 Å². The minimum absolute atomic E-state index is 0.0890. The number of hydrogen-bond donors (Lipinski definition) is 1. The van der Waals surface area contributed by atoms with Gasteiger partial charge in [0.25, 0.3) is 0 Å². The standard InChI is InChI=1S/C10H10F5NO/c1-6-2-3-7(16)4-8(6)17-5-9(11,12)10(13,14)15/h2-4H,5,16H2,1H3. The third-order valence-corrected chi connectivity index (χ3v) is 2.04. The Morgan fingerprint density at radius 3 is 2.29 bits per heavy atom. The number of anilines is 1. The summed E-state index contributed by atoms with van der Waals surface area (Å²) in [6.45, 7) is -0.249. The van der Waals surface area contributed by atoms with E-state index in [0.717, 1.165) is 0 Å². The van der Waals surface area contributed by atoms with Crippen molar-refractivity contribution in [1.29, 1.82) is 0 Å². The fraction of sp³-hybridized carbons (Fsp3) is 0.400. The molecule has 1 rings (SSSR count). The Hall–Kier alpha value is -1.53. The van der Waals surface area contributed by atoms with Crippen molar-refractivity contribution in [3.63, 3.8) is 0 Å². The number of nitrogens with two attached hydrogens (primary N) is 1. The van der Waals surface area contributed by atoms with E-state index in [0.29, 0.717) is 5.56 Å². The molecule has 0 aliphatic heterocycles. The molecule has 7 heteroatoms. The first kappa shape index (κ1) is 13.5. The highest BCUT2D eigenvalue weighted by Gasteiger charge is 2.58. The molecule has 0 fully saturated rings. The van der Waals surface area contributed by atoms with Gasteiger partial charge in [0, 0.05) is 11.8 Å². The Morgan fingerprint density at radius 2 is 1.76 bits per heavy atom. The van der Waals surface area contributed by atoms with Crippen LogP contribution in [-0.2, 0) is 0 Å². The molecule has 0 amide bonds. The predicted molar refractivity (Wildman–Crippen MR) is 52.1 cm³/mol. The van der Waals surface area contributed by atoms with Gasteiger partial charge in [0.05, 0.1) is 0 Å². The van der Waals surface area contributed by atoms with E-state index >= 15 is 0 Å². The largest absolute Gasteiger partial charge is 0.487 e. The topological polar surface area (TPSA) is 35.2 Å². The van der Waals surface area contributed by atoms with Crippen LogP contribution in [0.5, 0.6) is 5.75 Å². The Balaban J connectivity index is 2.77. The van der Waals surface area contributed by atoms with E-state index in [-0.39, 0.29) is 11.4 Å². The van der Waals surface area contributed by atoms with Crippen LogP contribution in [0.1, 0.15) is 5.56 Å². The molecule has 0 atom stereocenters. The molecule has 0 aliphatic carbocycles. The van der Waals surface area contributed by atoms with Crippen LogP contribution in [0.3, 0.4) is 0 Å². The minimum atomic E-state index is -5.62. The summed E-state index contributed by atoms with van der Waals surface area (Å²) in [7, 11) is 0. The van der Waals surface area contributed by atoms with Crippen LogP contribution >= 0.6 is 0 Å². The number of aryl methyl sites for hydroxylation is 1. The van der Waals surface area contributed by atoms with Gasteiger partial charge >= 0.3 is 12.1 Å². The third kappa shape index (κ3) is 3.21.